The zero-order valence-corrected chi connectivity index (χ0v) is 21.1. The second-order valence-corrected chi connectivity index (χ2v) is 10.8. The molecule has 5 aromatic carbocycles. The van der Waals surface area contributed by atoms with Crippen LogP contribution in [0.2, 0.25) is 0 Å². The number of ether oxygens (including phenoxy) is 2. The van der Waals surface area contributed by atoms with Crippen molar-refractivity contribution in [2.45, 2.75) is 19.4 Å². The van der Waals surface area contributed by atoms with Crippen molar-refractivity contribution in [1.82, 2.24) is 0 Å². The highest BCUT2D eigenvalue weighted by Crippen LogP contribution is 2.39. The topological polar surface area (TPSA) is 18.5 Å². The Morgan fingerprint density at radius 2 is 0.806 bits per heavy atom. The van der Waals surface area contributed by atoms with Crippen LogP contribution >= 0.6 is 7.92 Å². The van der Waals surface area contributed by atoms with Crippen LogP contribution < -0.4 is 20.1 Å². The summed E-state index contributed by atoms with van der Waals surface area (Å²) in [6.45, 7) is 1.04. The molecule has 0 aliphatic carbocycles. The maximum atomic E-state index is 6.25. The van der Waals surface area contributed by atoms with Gasteiger partial charge >= 0.3 is 0 Å². The van der Waals surface area contributed by atoms with Crippen molar-refractivity contribution in [1.29, 1.82) is 0 Å². The molecule has 0 aliphatic heterocycles. The van der Waals surface area contributed by atoms with E-state index < -0.39 is 7.92 Å². The van der Waals surface area contributed by atoms with Gasteiger partial charge in [0.15, 0.2) is 0 Å². The van der Waals surface area contributed by atoms with Crippen LogP contribution in [0.5, 0.6) is 11.5 Å². The van der Waals surface area contributed by atoms with Crippen molar-refractivity contribution in [3.8, 4) is 11.5 Å². The predicted molar refractivity (Wildman–Crippen MR) is 151 cm³/mol. The van der Waals surface area contributed by atoms with Crippen molar-refractivity contribution in [2.75, 3.05) is 0 Å². The van der Waals surface area contributed by atoms with E-state index in [1.807, 2.05) is 42.5 Å². The van der Waals surface area contributed by atoms with Crippen molar-refractivity contribution in [2.24, 2.45) is 0 Å². The molecule has 178 valence electrons. The number of hydrogen-bond acceptors (Lipinski definition) is 2. The minimum atomic E-state index is -0.569. The normalized spacial score (nSPS) is 10.8. The first-order chi connectivity index (χ1) is 17.8. The van der Waals surface area contributed by atoms with E-state index in [4.69, 9.17) is 9.47 Å². The summed E-state index contributed by atoms with van der Waals surface area (Å²) in [6.07, 6.45) is 0.910. The molecule has 0 atom stereocenters. The van der Waals surface area contributed by atoms with E-state index in [0.717, 1.165) is 28.8 Å². The van der Waals surface area contributed by atoms with Gasteiger partial charge in [-0.15, -0.1) is 0 Å². The molecule has 0 radical (unpaired) electrons. The van der Waals surface area contributed by atoms with E-state index in [-0.39, 0.29) is 0 Å². The van der Waals surface area contributed by atoms with Gasteiger partial charge in [0.25, 0.3) is 0 Å². The minimum Gasteiger partial charge on any atom is -0.489 e. The van der Waals surface area contributed by atoms with Gasteiger partial charge in [0.2, 0.25) is 0 Å². The van der Waals surface area contributed by atoms with Gasteiger partial charge in [-0.1, -0.05) is 121 Å². The van der Waals surface area contributed by atoms with E-state index in [0.29, 0.717) is 13.2 Å². The zero-order valence-electron chi connectivity index (χ0n) is 20.2. The number of hydrogen-bond donors (Lipinski definition) is 0. The van der Waals surface area contributed by atoms with E-state index in [1.165, 1.54) is 16.2 Å². The minimum absolute atomic E-state index is 0.522. The Hall–Kier alpha value is -3.87. The van der Waals surface area contributed by atoms with E-state index in [2.05, 4.69) is 97.1 Å². The van der Waals surface area contributed by atoms with Crippen LogP contribution in [0.4, 0.5) is 0 Å². The van der Waals surface area contributed by atoms with Crippen LogP contribution in [0.15, 0.2) is 140 Å². The highest BCUT2D eigenvalue weighted by atomic mass is 31.1. The van der Waals surface area contributed by atoms with Crippen molar-refractivity contribution >= 4 is 18.5 Å². The molecule has 0 aliphatic rings. The number of rotatable bonds is 10. The maximum Gasteiger partial charge on any atom is 0.123 e. The van der Waals surface area contributed by atoms with E-state index in [1.54, 1.807) is 0 Å². The molecule has 0 amide bonds. The lowest BCUT2D eigenvalue weighted by Gasteiger charge is -2.20. The summed E-state index contributed by atoms with van der Waals surface area (Å²) in [5.41, 5.74) is 3.50. The van der Waals surface area contributed by atoms with E-state index in [9.17, 15) is 0 Å². The highest BCUT2D eigenvalue weighted by molar-refractivity contribution is 7.72. The molecule has 36 heavy (non-hydrogen) atoms. The van der Waals surface area contributed by atoms with Gasteiger partial charge in [-0.05, 0) is 47.4 Å². The number of benzene rings is 5. The molecule has 0 aromatic heterocycles. The second kappa shape index (κ2) is 12.2. The first-order valence-electron chi connectivity index (χ1n) is 12.2. The maximum absolute atomic E-state index is 6.25. The van der Waals surface area contributed by atoms with E-state index >= 15 is 0 Å². The van der Waals surface area contributed by atoms with Gasteiger partial charge in [0, 0.05) is 12.2 Å². The van der Waals surface area contributed by atoms with Gasteiger partial charge in [-0.3, -0.25) is 0 Å². The fraction of sp³-hybridized carbons (Fsp3) is 0.0909. The van der Waals surface area contributed by atoms with Crippen LogP contribution in [0.3, 0.4) is 0 Å². The Labute approximate surface area is 214 Å². The summed E-state index contributed by atoms with van der Waals surface area (Å²) in [5.74, 6) is 1.66. The third kappa shape index (κ3) is 6.62. The SMILES string of the molecule is c1ccc(COc2cc(CP(c3ccccc3)c3ccccc3)cc(OCc3ccccc3)c2)cc1. The first kappa shape index (κ1) is 23.9. The fourth-order valence-electron chi connectivity index (χ4n) is 4.10. The van der Waals surface area contributed by atoms with Gasteiger partial charge in [0.1, 0.15) is 24.7 Å². The molecule has 0 unspecified atom stereocenters. The zero-order chi connectivity index (χ0) is 24.4. The summed E-state index contributed by atoms with van der Waals surface area (Å²) >= 11 is 0. The lowest BCUT2D eigenvalue weighted by atomic mass is 10.2. The summed E-state index contributed by atoms with van der Waals surface area (Å²) in [5, 5.41) is 2.72. The molecule has 0 saturated heterocycles. The molecule has 0 N–H and O–H groups in total. The molecule has 0 bridgehead atoms. The van der Waals surface area contributed by atoms with Crippen LogP contribution in [0, 0.1) is 0 Å². The Morgan fingerprint density at radius 3 is 1.22 bits per heavy atom. The Bertz CT molecular complexity index is 1240. The summed E-state index contributed by atoms with van der Waals surface area (Å²) < 4.78 is 12.5. The molecule has 5 rings (SSSR count). The third-order valence-electron chi connectivity index (χ3n) is 5.91. The molecule has 0 heterocycles. The van der Waals surface area contributed by atoms with Gasteiger partial charge in [-0.2, -0.15) is 0 Å². The van der Waals surface area contributed by atoms with Crippen LogP contribution in [-0.4, -0.2) is 0 Å². The van der Waals surface area contributed by atoms with Crippen LogP contribution in [0.25, 0.3) is 0 Å². The lowest BCUT2D eigenvalue weighted by Crippen LogP contribution is -2.13. The largest absolute Gasteiger partial charge is 0.489 e. The Kier molecular flexibility index (Phi) is 8.08. The molecule has 0 saturated carbocycles. The second-order valence-electron chi connectivity index (χ2n) is 8.62. The Morgan fingerprint density at radius 1 is 0.417 bits per heavy atom. The molecule has 3 heteroatoms. The molecule has 5 aromatic rings. The average molecular weight is 489 g/mol. The third-order valence-corrected chi connectivity index (χ3v) is 8.44. The lowest BCUT2D eigenvalue weighted by molar-refractivity contribution is 0.289. The van der Waals surface area contributed by atoms with Crippen molar-refractivity contribution < 1.29 is 9.47 Å². The smallest absolute Gasteiger partial charge is 0.123 e. The highest BCUT2D eigenvalue weighted by Gasteiger charge is 2.16. The average Bonchev–Trinajstić information content (AvgIpc) is 2.96. The predicted octanol–water partition coefficient (Wildman–Crippen LogP) is 7.48. The quantitative estimate of drug-likeness (QED) is 0.190. The summed E-state index contributed by atoms with van der Waals surface area (Å²) in [4.78, 5) is 0. The van der Waals surface area contributed by atoms with Crippen LogP contribution in [0.1, 0.15) is 16.7 Å². The standard InChI is InChI=1S/C33H29O2P/c1-5-13-27(14-6-1)24-34-30-21-29(22-31(23-30)35-25-28-15-7-2-8-16-28)26-36(32-17-9-3-10-18-32)33-19-11-4-12-20-33/h1-23H,24-26H2. The first-order valence-corrected chi connectivity index (χ1v) is 13.7. The van der Waals surface area contributed by atoms with Crippen molar-refractivity contribution in [3.63, 3.8) is 0 Å². The molecular formula is C33H29O2P. The molecule has 0 fully saturated rings. The fourth-order valence-corrected chi connectivity index (χ4v) is 6.38. The molecule has 2 nitrogen and oxygen atoms in total. The van der Waals surface area contributed by atoms with Gasteiger partial charge in [0.05, 0.1) is 0 Å². The van der Waals surface area contributed by atoms with Crippen LogP contribution in [-0.2, 0) is 19.4 Å². The summed E-state index contributed by atoms with van der Waals surface area (Å²) in [6, 6.07) is 48.5. The summed E-state index contributed by atoms with van der Waals surface area (Å²) in [7, 11) is -0.569. The van der Waals surface area contributed by atoms with Gasteiger partial charge < -0.3 is 9.47 Å². The molecular weight excluding hydrogens is 459 g/mol. The van der Waals surface area contributed by atoms with Gasteiger partial charge in [-0.25, -0.2) is 0 Å². The molecule has 0 spiro atoms. The monoisotopic (exact) mass is 488 g/mol. The van der Waals surface area contributed by atoms with Crippen molar-refractivity contribution in [3.05, 3.63) is 156 Å². The Balaban J connectivity index is 1.43.